The van der Waals surface area contributed by atoms with Crippen LogP contribution in [-0.4, -0.2) is 14.7 Å². The topological polar surface area (TPSA) is 9.23 Å². The molecule has 0 fully saturated rings. The van der Waals surface area contributed by atoms with Crippen LogP contribution in [0.3, 0.4) is 0 Å². The molecule has 0 N–H and O–H groups in total. The van der Waals surface area contributed by atoms with E-state index in [-0.39, 0.29) is 0 Å². The van der Waals surface area contributed by atoms with Crippen molar-refractivity contribution in [1.82, 2.24) is 0 Å². The van der Waals surface area contributed by atoms with Crippen LogP contribution in [0.4, 0.5) is 0 Å². The standard InChI is InChI=1S/C24H32OSi/c1-5-6-9-18-24(26(3,4)23-16-12-8-13-17-23)21(2)19-25-20-22-14-10-7-11-15-22/h5-18,21,24H,19-20H2,1-4H3/b6-5+,18-9-/t21-,24-/m0/s1. The maximum atomic E-state index is 6.07. The minimum absolute atomic E-state index is 0.474. The zero-order valence-electron chi connectivity index (χ0n) is 16.6. The van der Waals surface area contributed by atoms with E-state index in [1.807, 2.05) is 6.07 Å². The fourth-order valence-electron chi connectivity index (χ4n) is 3.54. The third-order valence-electron chi connectivity index (χ3n) is 5.08. The van der Waals surface area contributed by atoms with Crippen molar-refractivity contribution in [3.8, 4) is 0 Å². The van der Waals surface area contributed by atoms with Crippen molar-refractivity contribution in [2.24, 2.45) is 5.92 Å². The number of hydrogen-bond acceptors (Lipinski definition) is 1. The van der Waals surface area contributed by atoms with Crippen molar-refractivity contribution in [3.63, 3.8) is 0 Å². The van der Waals surface area contributed by atoms with E-state index in [9.17, 15) is 0 Å². The molecule has 1 nitrogen and oxygen atoms in total. The Kier molecular flexibility index (Phi) is 8.08. The average Bonchev–Trinajstić information content (AvgIpc) is 2.66. The van der Waals surface area contributed by atoms with Crippen LogP contribution in [0.1, 0.15) is 19.4 Å². The fraction of sp³-hybridized carbons (Fsp3) is 0.333. The largest absolute Gasteiger partial charge is 0.376 e. The van der Waals surface area contributed by atoms with Crippen LogP contribution in [-0.2, 0) is 11.3 Å². The Hall–Kier alpha value is -1.90. The van der Waals surface area contributed by atoms with Gasteiger partial charge in [0.05, 0.1) is 14.7 Å². The van der Waals surface area contributed by atoms with Crippen LogP contribution in [0.2, 0.25) is 18.6 Å². The van der Waals surface area contributed by atoms with E-state index >= 15 is 0 Å². The first-order valence-corrected chi connectivity index (χ1v) is 12.6. The summed E-state index contributed by atoms with van der Waals surface area (Å²) in [7, 11) is -1.65. The molecule has 0 saturated carbocycles. The second kappa shape index (κ2) is 10.3. The molecule has 0 spiro atoms. The summed E-state index contributed by atoms with van der Waals surface area (Å²) in [5.41, 5.74) is 1.76. The normalized spacial score (nSPS) is 14.8. The molecule has 2 atom stereocenters. The van der Waals surface area contributed by atoms with E-state index in [0.29, 0.717) is 18.1 Å². The van der Waals surface area contributed by atoms with E-state index < -0.39 is 8.07 Å². The van der Waals surface area contributed by atoms with Gasteiger partial charge in [0, 0.05) is 6.61 Å². The van der Waals surface area contributed by atoms with E-state index in [1.165, 1.54) is 10.8 Å². The van der Waals surface area contributed by atoms with Crippen molar-refractivity contribution in [1.29, 1.82) is 0 Å². The summed E-state index contributed by atoms with van der Waals surface area (Å²) in [5.74, 6) is 0.474. The summed E-state index contributed by atoms with van der Waals surface area (Å²) in [6.07, 6.45) is 8.81. The second-order valence-electron chi connectivity index (χ2n) is 7.50. The molecule has 138 valence electrons. The molecular formula is C24H32OSi. The van der Waals surface area contributed by atoms with Gasteiger partial charge in [-0.1, -0.05) is 110 Å². The molecule has 2 aromatic carbocycles. The Morgan fingerprint density at radius 2 is 1.54 bits per heavy atom. The number of rotatable bonds is 9. The first-order valence-electron chi connectivity index (χ1n) is 9.52. The molecule has 2 rings (SSSR count). The Morgan fingerprint density at radius 1 is 0.923 bits per heavy atom. The molecule has 0 aliphatic heterocycles. The van der Waals surface area contributed by atoms with Crippen molar-refractivity contribution in [2.45, 2.75) is 39.1 Å². The third-order valence-corrected chi connectivity index (χ3v) is 9.33. The lowest BCUT2D eigenvalue weighted by molar-refractivity contribution is 0.0925. The van der Waals surface area contributed by atoms with Gasteiger partial charge < -0.3 is 4.74 Å². The van der Waals surface area contributed by atoms with Gasteiger partial charge in [-0.05, 0) is 23.9 Å². The van der Waals surface area contributed by atoms with E-state index in [0.717, 1.165) is 6.61 Å². The van der Waals surface area contributed by atoms with Gasteiger partial charge in [-0.3, -0.25) is 0 Å². The summed E-state index contributed by atoms with van der Waals surface area (Å²) in [6, 6.07) is 21.4. The van der Waals surface area contributed by atoms with Gasteiger partial charge in [-0.15, -0.1) is 0 Å². The van der Waals surface area contributed by atoms with Gasteiger partial charge in [0.15, 0.2) is 0 Å². The first-order chi connectivity index (χ1) is 12.6. The maximum absolute atomic E-state index is 6.07. The number of allylic oxidation sites excluding steroid dienone is 4. The minimum atomic E-state index is -1.65. The Morgan fingerprint density at radius 3 is 2.15 bits per heavy atom. The molecule has 0 aliphatic rings. The van der Waals surface area contributed by atoms with Gasteiger partial charge in [-0.2, -0.15) is 0 Å². The molecule has 2 heteroatoms. The fourth-order valence-corrected chi connectivity index (χ4v) is 7.08. The van der Waals surface area contributed by atoms with Gasteiger partial charge in [-0.25, -0.2) is 0 Å². The van der Waals surface area contributed by atoms with E-state index in [1.54, 1.807) is 0 Å². The molecule has 0 saturated heterocycles. The number of ether oxygens (including phenoxy) is 1. The summed E-state index contributed by atoms with van der Waals surface area (Å²) in [6.45, 7) is 10.8. The van der Waals surface area contributed by atoms with E-state index in [2.05, 4.69) is 106 Å². The molecule has 26 heavy (non-hydrogen) atoms. The first kappa shape index (κ1) is 20.4. The zero-order chi connectivity index (χ0) is 18.8. The van der Waals surface area contributed by atoms with Crippen LogP contribution < -0.4 is 5.19 Å². The minimum Gasteiger partial charge on any atom is -0.376 e. The summed E-state index contributed by atoms with van der Waals surface area (Å²) in [4.78, 5) is 0. The van der Waals surface area contributed by atoms with Crippen molar-refractivity contribution < 1.29 is 4.74 Å². The highest BCUT2D eigenvalue weighted by molar-refractivity contribution is 6.91. The lowest BCUT2D eigenvalue weighted by Crippen LogP contribution is -2.48. The zero-order valence-corrected chi connectivity index (χ0v) is 17.6. The Bertz CT molecular complexity index is 689. The van der Waals surface area contributed by atoms with Crippen LogP contribution in [0.25, 0.3) is 0 Å². The molecule has 0 bridgehead atoms. The molecule has 0 aliphatic carbocycles. The lowest BCUT2D eigenvalue weighted by atomic mass is 10.1. The van der Waals surface area contributed by atoms with Crippen LogP contribution in [0, 0.1) is 5.92 Å². The van der Waals surface area contributed by atoms with Crippen LogP contribution in [0.15, 0.2) is 85.0 Å². The molecule has 0 unspecified atom stereocenters. The Labute approximate surface area is 160 Å². The highest BCUT2D eigenvalue weighted by Crippen LogP contribution is 2.32. The predicted octanol–water partition coefficient (Wildman–Crippen LogP) is 5.96. The predicted molar refractivity (Wildman–Crippen MR) is 117 cm³/mol. The van der Waals surface area contributed by atoms with Crippen LogP contribution in [0.5, 0.6) is 0 Å². The van der Waals surface area contributed by atoms with E-state index in [4.69, 9.17) is 4.74 Å². The van der Waals surface area contributed by atoms with Gasteiger partial charge in [0.25, 0.3) is 0 Å². The Balaban J connectivity index is 2.10. The third kappa shape index (κ3) is 5.82. The highest BCUT2D eigenvalue weighted by Gasteiger charge is 2.35. The van der Waals surface area contributed by atoms with Gasteiger partial charge in [0.2, 0.25) is 0 Å². The number of benzene rings is 2. The van der Waals surface area contributed by atoms with Crippen molar-refractivity contribution >= 4 is 13.3 Å². The number of hydrogen-bond donors (Lipinski definition) is 0. The van der Waals surface area contributed by atoms with Gasteiger partial charge >= 0.3 is 0 Å². The smallest absolute Gasteiger partial charge is 0.0877 e. The van der Waals surface area contributed by atoms with Gasteiger partial charge in [0.1, 0.15) is 0 Å². The molecule has 2 aromatic rings. The van der Waals surface area contributed by atoms with Crippen molar-refractivity contribution in [3.05, 3.63) is 90.5 Å². The SMILES string of the molecule is C/C=C/C=C\[C@@H]([C@@H](C)COCc1ccccc1)[Si](C)(C)c1ccccc1. The maximum Gasteiger partial charge on any atom is 0.0877 e. The second-order valence-corrected chi connectivity index (χ2v) is 12.2. The molecule has 0 aromatic heterocycles. The molecule has 0 amide bonds. The van der Waals surface area contributed by atoms with Crippen LogP contribution >= 0.6 is 0 Å². The highest BCUT2D eigenvalue weighted by atomic mass is 28.3. The summed E-state index contributed by atoms with van der Waals surface area (Å²) in [5, 5.41) is 1.50. The molecule has 0 heterocycles. The monoisotopic (exact) mass is 364 g/mol. The summed E-state index contributed by atoms with van der Waals surface area (Å²) >= 11 is 0. The average molecular weight is 365 g/mol. The summed E-state index contributed by atoms with van der Waals surface area (Å²) < 4.78 is 6.07. The lowest BCUT2D eigenvalue weighted by Gasteiger charge is -2.35. The molecule has 0 radical (unpaired) electrons. The van der Waals surface area contributed by atoms with Crippen molar-refractivity contribution in [2.75, 3.05) is 6.61 Å². The quantitative estimate of drug-likeness (QED) is 0.394. The molecular weight excluding hydrogens is 332 g/mol.